The second-order valence-electron chi connectivity index (χ2n) is 11.2. The molecular formula is C31H50N2O6. The van der Waals surface area contributed by atoms with Crippen LogP contribution in [-0.4, -0.2) is 60.4 Å². The minimum atomic E-state index is -0.596. The molecule has 8 heteroatoms. The molecule has 1 unspecified atom stereocenters. The maximum Gasteiger partial charge on any atom is 0.307 e. The molecule has 1 aromatic carbocycles. The summed E-state index contributed by atoms with van der Waals surface area (Å²) < 4.78 is 5.45. The molecule has 0 radical (unpaired) electrons. The molecule has 1 rings (SSSR count). The van der Waals surface area contributed by atoms with Crippen molar-refractivity contribution >= 4 is 23.4 Å². The van der Waals surface area contributed by atoms with E-state index < -0.39 is 11.5 Å². The van der Waals surface area contributed by atoms with Crippen LogP contribution in [0.1, 0.15) is 108 Å². The van der Waals surface area contributed by atoms with Crippen LogP contribution in [0.2, 0.25) is 0 Å². The summed E-state index contributed by atoms with van der Waals surface area (Å²) in [4.78, 5) is 48.6. The zero-order valence-corrected chi connectivity index (χ0v) is 24.3. The maximum absolute atomic E-state index is 12.9. The van der Waals surface area contributed by atoms with Crippen molar-refractivity contribution in [2.24, 2.45) is 5.92 Å². The van der Waals surface area contributed by atoms with Crippen LogP contribution in [0.4, 0.5) is 0 Å². The lowest BCUT2D eigenvalue weighted by atomic mass is 9.97. The minimum Gasteiger partial charge on any atom is -0.460 e. The van der Waals surface area contributed by atoms with Crippen molar-refractivity contribution in [3.05, 3.63) is 35.9 Å². The maximum atomic E-state index is 12.9. The highest BCUT2D eigenvalue weighted by molar-refractivity contribution is 5.97. The quantitative estimate of drug-likeness (QED) is 0.109. The van der Waals surface area contributed by atoms with E-state index in [1.807, 2.05) is 39.0 Å². The highest BCUT2D eigenvalue weighted by atomic mass is 16.6. The van der Waals surface area contributed by atoms with Crippen LogP contribution in [-0.2, 0) is 19.1 Å². The van der Waals surface area contributed by atoms with Gasteiger partial charge in [0.05, 0.1) is 13.0 Å². The van der Waals surface area contributed by atoms with Gasteiger partial charge in [-0.1, -0.05) is 68.9 Å². The molecule has 0 heterocycles. The van der Waals surface area contributed by atoms with Gasteiger partial charge in [0, 0.05) is 24.4 Å². The number of amides is 1. The first-order valence-corrected chi connectivity index (χ1v) is 14.5. The Morgan fingerprint density at radius 2 is 1.46 bits per heavy atom. The summed E-state index contributed by atoms with van der Waals surface area (Å²) in [7, 11) is 0. The molecule has 1 aromatic rings. The molecule has 0 aliphatic heterocycles. The Labute approximate surface area is 234 Å². The lowest BCUT2D eigenvalue weighted by molar-refractivity contribution is -0.157. The van der Waals surface area contributed by atoms with Gasteiger partial charge in [0.25, 0.3) is 0 Å². The summed E-state index contributed by atoms with van der Waals surface area (Å²) in [5.41, 5.74) is 0.0906. The van der Waals surface area contributed by atoms with Gasteiger partial charge in [-0.25, -0.2) is 0 Å². The molecule has 8 nitrogen and oxygen atoms in total. The van der Waals surface area contributed by atoms with Crippen LogP contribution in [0.3, 0.4) is 0 Å². The Hall–Kier alpha value is -2.58. The largest absolute Gasteiger partial charge is 0.460 e. The molecule has 0 aliphatic rings. The van der Waals surface area contributed by atoms with E-state index in [4.69, 9.17) is 9.84 Å². The minimum absolute atomic E-state index is 0.0484. The molecule has 3 N–H and O–H groups in total. The molecule has 39 heavy (non-hydrogen) atoms. The number of carbonyl (C=O) groups excluding carboxylic acids is 4. The van der Waals surface area contributed by atoms with Crippen LogP contribution in [0.25, 0.3) is 0 Å². The number of ketones is 2. The predicted molar refractivity (Wildman–Crippen MR) is 153 cm³/mol. The van der Waals surface area contributed by atoms with Gasteiger partial charge in [-0.3, -0.25) is 19.2 Å². The number of hydrogen-bond donors (Lipinski definition) is 3. The summed E-state index contributed by atoms with van der Waals surface area (Å²) in [5, 5.41) is 14.9. The van der Waals surface area contributed by atoms with Gasteiger partial charge < -0.3 is 20.5 Å². The molecule has 0 bridgehead atoms. The van der Waals surface area contributed by atoms with Crippen LogP contribution in [0.5, 0.6) is 0 Å². The number of aliphatic hydroxyl groups excluding tert-OH is 1. The van der Waals surface area contributed by atoms with Crippen molar-refractivity contribution < 1.29 is 29.0 Å². The number of benzene rings is 1. The van der Waals surface area contributed by atoms with E-state index >= 15 is 0 Å². The second-order valence-corrected chi connectivity index (χ2v) is 11.2. The normalized spacial score (nSPS) is 12.1. The topological polar surface area (TPSA) is 122 Å². The zero-order valence-electron chi connectivity index (χ0n) is 24.3. The molecular weight excluding hydrogens is 496 g/mol. The van der Waals surface area contributed by atoms with Gasteiger partial charge in [-0.2, -0.15) is 0 Å². The standard InChI is InChI=1S/C31H50N2O6/c1-31(2,3)39-29(37)22-26(18-13-15-20-32-23-28(36)25-16-10-9-11-17-25)30(38)33-21-14-8-6-4-5-7-12-19-27(35)24-34/h9-11,16-17,26,32,34H,4-8,12-15,18-24H2,1-3H3,(H,33,38). The molecule has 0 aliphatic carbocycles. The molecule has 0 spiro atoms. The van der Waals surface area contributed by atoms with Crippen molar-refractivity contribution in [2.45, 2.75) is 103 Å². The SMILES string of the molecule is CC(C)(C)OC(=O)CC(CCCCNCC(=O)c1ccccc1)C(=O)NCCCCCCCCCC(=O)CO. The summed E-state index contributed by atoms with van der Waals surface area (Å²) >= 11 is 0. The Bertz CT molecular complexity index is 850. The second kappa shape index (κ2) is 20.3. The van der Waals surface area contributed by atoms with E-state index in [9.17, 15) is 19.2 Å². The molecule has 220 valence electrons. The van der Waals surface area contributed by atoms with Crippen molar-refractivity contribution in [2.75, 3.05) is 26.2 Å². The van der Waals surface area contributed by atoms with Gasteiger partial charge >= 0.3 is 5.97 Å². The van der Waals surface area contributed by atoms with Gasteiger partial charge in [0.1, 0.15) is 12.2 Å². The molecule has 0 saturated heterocycles. The lowest BCUT2D eigenvalue weighted by Gasteiger charge is -2.22. The first kappa shape index (κ1) is 34.4. The van der Waals surface area contributed by atoms with E-state index in [2.05, 4.69) is 10.6 Å². The first-order valence-electron chi connectivity index (χ1n) is 14.5. The van der Waals surface area contributed by atoms with E-state index in [1.54, 1.807) is 12.1 Å². The summed E-state index contributed by atoms with van der Waals surface area (Å²) in [6.07, 6.45) is 9.61. The molecule has 0 saturated carbocycles. The number of carbonyl (C=O) groups is 4. The van der Waals surface area contributed by atoms with E-state index in [-0.39, 0.29) is 43.0 Å². The number of rotatable bonds is 22. The number of ether oxygens (including phenoxy) is 1. The van der Waals surface area contributed by atoms with Crippen LogP contribution in [0, 0.1) is 5.92 Å². The monoisotopic (exact) mass is 546 g/mol. The van der Waals surface area contributed by atoms with Crippen molar-refractivity contribution in [1.82, 2.24) is 10.6 Å². The molecule has 0 fully saturated rings. The fourth-order valence-corrected chi connectivity index (χ4v) is 4.25. The third kappa shape index (κ3) is 18.4. The lowest BCUT2D eigenvalue weighted by Crippen LogP contribution is -2.34. The number of aliphatic hydroxyl groups is 1. The number of hydrogen-bond acceptors (Lipinski definition) is 7. The highest BCUT2D eigenvalue weighted by Gasteiger charge is 2.25. The summed E-state index contributed by atoms with van der Waals surface area (Å²) in [6, 6.07) is 9.17. The molecule has 1 amide bonds. The third-order valence-corrected chi connectivity index (χ3v) is 6.35. The fraction of sp³-hybridized carbons (Fsp3) is 0.677. The molecule has 0 aromatic heterocycles. The fourth-order valence-electron chi connectivity index (χ4n) is 4.25. The predicted octanol–water partition coefficient (Wildman–Crippen LogP) is 4.78. The molecule has 1 atom stereocenters. The Balaban J connectivity index is 2.31. The Kier molecular flexibility index (Phi) is 18.0. The Morgan fingerprint density at radius 3 is 2.10 bits per heavy atom. The van der Waals surface area contributed by atoms with Crippen LogP contribution in [0.15, 0.2) is 30.3 Å². The average Bonchev–Trinajstić information content (AvgIpc) is 2.89. The van der Waals surface area contributed by atoms with Gasteiger partial charge in [-0.15, -0.1) is 0 Å². The van der Waals surface area contributed by atoms with E-state index in [1.165, 1.54) is 0 Å². The smallest absolute Gasteiger partial charge is 0.307 e. The van der Waals surface area contributed by atoms with Gasteiger partial charge in [0.2, 0.25) is 5.91 Å². The zero-order chi connectivity index (χ0) is 28.9. The van der Waals surface area contributed by atoms with Crippen LogP contribution < -0.4 is 10.6 Å². The highest BCUT2D eigenvalue weighted by Crippen LogP contribution is 2.17. The number of esters is 1. The average molecular weight is 547 g/mol. The van der Waals surface area contributed by atoms with Gasteiger partial charge in [0.15, 0.2) is 11.6 Å². The number of nitrogens with one attached hydrogen (secondary N) is 2. The first-order chi connectivity index (χ1) is 18.6. The van der Waals surface area contributed by atoms with E-state index in [0.717, 1.165) is 57.8 Å². The summed E-state index contributed by atoms with van der Waals surface area (Å²) in [5.74, 6) is -0.959. The van der Waals surface area contributed by atoms with Crippen LogP contribution >= 0.6 is 0 Å². The van der Waals surface area contributed by atoms with Crippen molar-refractivity contribution in [3.63, 3.8) is 0 Å². The summed E-state index contributed by atoms with van der Waals surface area (Å²) in [6.45, 7) is 6.61. The van der Waals surface area contributed by atoms with Crippen molar-refractivity contribution in [3.8, 4) is 0 Å². The number of Topliss-reactive ketones (excluding diaryl/α,β-unsaturated/α-hetero) is 2. The van der Waals surface area contributed by atoms with Crippen molar-refractivity contribution in [1.29, 1.82) is 0 Å². The number of unbranched alkanes of at least 4 members (excludes halogenated alkanes) is 7. The van der Waals surface area contributed by atoms with E-state index in [0.29, 0.717) is 31.5 Å². The Morgan fingerprint density at radius 1 is 0.846 bits per heavy atom. The third-order valence-electron chi connectivity index (χ3n) is 6.35. The van der Waals surface area contributed by atoms with Gasteiger partial charge in [-0.05, 0) is 53.0 Å².